The first-order chi connectivity index (χ1) is 9.70. The molecule has 0 bridgehead atoms. The van der Waals surface area contributed by atoms with Crippen LogP contribution in [0.25, 0.3) is 10.9 Å². The van der Waals surface area contributed by atoms with Gasteiger partial charge in [0, 0.05) is 10.9 Å². The summed E-state index contributed by atoms with van der Waals surface area (Å²) in [4.78, 5) is 15.2. The van der Waals surface area contributed by atoms with Crippen LogP contribution in [0.3, 0.4) is 0 Å². The Bertz CT molecular complexity index is 700. The number of aromatic nitrogens is 1. The molecule has 2 aromatic rings. The molecule has 112 valence electrons. The van der Waals surface area contributed by atoms with Crippen LogP contribution in [0.1, 0.15) is 24.1 Å². The van der Waals surface area contributed by atoms with Crippen molar-refractivity contribution in [2.75, 3.05) is 0 Å². The van der Waals surface area contributed by atoms with E-state index >= 15 is 0 Å². The molecule has 2 rings (SSSR count). The van der Waals surface area contributed by atoms with Gasteiger partial charge in [0.05, 0.1) is 11.6 Å². The maximum Gasteiger partial charge on any atom is 0.471 e. The van der Waals surface area contributed by atoms with Crippen LogP contribution in [0.15, 0.2) is 24.3 Å². The average Bonchev–Trinajstić information content (AvgIpc) is 2.38. The van der Waals surface area contributed by atoms with E-state index in [2.05, 4.69) is 4.98 Å². The molecule has 0 fully saturated rings. The lowest BCUT2D eigenvalue weighted by Gasteiger charge is -2.17. The highest BCUT2D eigenvalue weighted by Crippen LogP contribution is 2.28. The first-order valence-corrected chi connectivity index (χ1v) is 6.51. The Morgan fingerprint density at radius 3 is 2.67 bits per heavy atom. The second kappa shape index (κ2) is 5.52. The number of hydrogen-bond acceptors (Lipinski definition) is 2. The molecule has 0 saturated carbocycles. The third kappa shape index (κ3) is 3.26. The summed E-state index contributed by atoms with van der Waals surface area (Å²) in [5.41, 5.74) is 1.93. The van der Waals surface area contributed by atoms with Crippen molar-refractivity contribution in [3.8, 4) is 0 Å². The van der Waals surface area contributed by atoms with Gasteiger partial charge in [0.1, 0.15) is 5.15 Å². The standard InChI is InChI=1S/C14H12ClF3N2O/c1-7-4-3-5-9-6-10(12(15)20-11(7)9)8(2)19-13(21)14(16,17)18/h3-6,8H,1-2H3,(H,19,21)/t8-/m0/s1. The van der Waals surface area contributed by atoms with Gasteiger partial charge in [-0.05, 0) is 25.5 Å². The van der Waals surface area contributed by atoms with Gasteiger partial charge >= 0.3 is 12.1 Å². The van der Waals surface area contributed by atoms with E-state index in [1.165, 1.54) is 6.92 Å². The molecule has 1 heterocycles. The number of para-hydroxylation sites is 1. The predicted octanol–water partition coefficient (Wildman–Crippen LogP) is 3.94. The minimum Gasteiger partial charge on any atom is -0.342 e. The van der Waals surface area contributed by atoms with Gasteiger partial charge in [-0.25, -0.2) is 4.98 Å². The molecule has 0 aliphatic heterocycles. The van der Waals surface area contributed by atoms with E-state index in [0.717, 1.165) is 10.9 Å². The van der Waals surface area contributed by atoms with Crippen molar-refractivity contribution >= 4 is 28.4 Å². The summed E-state index contributed by atoms with van der Waals surface area (Å²) in [6, 6.07) is 6.20. The Kier molecular flexibility index (Phi) is 4.09. The number of pyridine rings is 1. The molecule has 1 aromatic heterocycles. The van der Waals surface area contributed by atoms with E-state index < -0.39 is 18.1 Å². The Hall–Kier alpha value is -1.82. The number of carbonyl (C=O) groups excluding carboxylic acids is 1. The van der Waals surface area contributed by atoms with E-state index in [1.807, 2.05) is 24.4 Å². The molecule has 7 heteroatoms. The minimum atomic E-state index is -4.93. The molecule has 0 spiro atoms. The fraction of sp³-hybridized carbons (Fsp3) is 0.286. The lowest BCUT2D eigenvalue weighted by atomic mass is 10.1. The lowest BCUT2D eigenvalue weighted by molar-refractivity contribution is -0.174. The summed E-state index contributed by atoms with van der Waals surface area (Å²) >= 11 is 6.02. The largest absolute Gasteiger partial charge is 0.471 e. The number of fused-ring (bicyclic) bond motifs is 1. The second-order valence-corrected chi connectivity index (χ2v) is 5.07. The monoisotopic (exact) mass is 316 g/mol. The van der Waals surface area contributed by atoms with Gasteiger partial charge in [-0.1, -0.05) is 29.8 Å². The van der Waals surface area contributed by atoms with Gasteiger partial charge in [0.15, 0.2) is 0 Å². The minimum absolute atomic E-state index is 0.0757. The number of benzene rings is 1. The highest BCUT2D eigenvalue weighted by molar-refractivity contribution is 6.30. The maximum absolute atomic E-state index is 12.3. The van der Waals surface area contributed by atoms with Crippen LogP contribution in [0, 0.1) is 6.92 Å². The van der Waals surface area contributed by atoms with Gasteiger partial charge in [0.25, 0.3) is 0 Å². The number of alkyl halides is 3. The third-order valence-corrected chi connectivity index (χ3v) is 3.40. The molecule has 1 aromatic carbocycles. The molecule has 0 aliphatic carbocycles. The predicted molar refractivity (Wildman–Crippen MR) is 74.1 cm³/mol. The van der Waals surface area contributed by atoms with E-state index in [1.54, 1.807) is 12.1 Å². The van der Waals surface area contributed by atoms with Crippen molar-refractivity contribution in [1.29, 1.82) is 0 Å². The number of nitrogens with zero attached hydrogens (tertiary/aromatic N) is 1. The van der Waals surface area contributed by atoms with Crippen LogP contribution in [-0.4, -0.2) is 17.1 Å². The molecule has 1 N–H and O–H groups in total. The fourth-order valence-electron chi connectivity index (χ4n) is 2.00. The smallest absolute Gasteiger partial charge is 0.342 e. The van der Waals surface area contributed by atoms with Gasteiger partial charge in [0.2, 0.25) is 0 Å². The number of aryl methyl sites for hydroxylation is 1. The van der Waals surface area contributed by atoms with Gasteiger partial charge in [-0.15, -0.1) is 0 Å². The topological polar surface area (TPSA) is 42.0 Å². The number of amides is 1. The van der Waals surface area contributed by atoms with Crippen LogP contribution in [0.2, 0.25) is 5.15 Å². The molecular formula is C14H12ClF3N2O. The first-order valence-electron chi connectivity index (χ1n) is 6.13. The number of nitrogens with one attached hydrogen (secondary N) is 1. The average molecular weight is 317 g/mol. The van der Waals surface area contributed by atoms with Crippen molar-refractivity contribution in [2.24, 2.45) is 0 Å². The summed E-state index contributed by atoms with van der Waals surface area (Å²) in [5, 5.41) is 2.70. The SMILES string of the molecule is Cc1cccc2cc([C@H](C)NC(=O)C(F)(F)F)c(Cl)nc12. The highest BCUT2D eigenvalue weighted by atomic mass is 35.5. The van der Waals surface area contributed by atoms with E-state index in [9.17, 15) is 18.0 Å². The highest BCUT2D eigenvalue weighted by Gasteiger charge is 2.39. The van der Waals surface area contributed by atoms with Crippen LogP contribution >= 0.6 is 11.6 Å². The summed E-state index contributed by atoms with van der Waals surface area (Å²) in [6.07, 6.45) is -4.93. The van der Waals surface area contributed by atoms with Crippen LogP contribution in [-0.2, 0) is 4.79 Å². The van der Waals surface area contributed by atoms with E-state index in [-0.39, 0.29) is 5.15 Å². The number of hydrogen-bond donors (Lipinski definition) is 1. The second-order valence-electron chi connectivity index (χ2n) is 4.71. The maximum atomic E-state index is 12.3. The first kappa shape index (κ1) is 15.6. The van der Waals surface area contributed by atoms with E-state index in [0.29, 0.717) is 11.1 Å². The zero-order valence-corrected chi connectivity index (χ0v) is 12.0. The Balaban J connectivity index is 2.38. The van der Waals surface area contributed by atoms with Crippen molar-refractivity contribution in [3.63, 3.8) is 0 Å². The molecule has 21 heavy (non-hydrogen) atoms. The molecule has 3 nitrogen and oxygen atoms in total. The van der Waals surface area contributed by atoms with Gasteiger partial charge in [-0.2, -0.15) is 13.2 Å². The van der Waals surface area contributed by atoms with Gasteiger partial charge < -0.3 is 5.32 Å². The lowest BCUT2D eigenvalue weighted by Crippen LogP contribution is -2.38. The molecule has 0 aliphatic rings. The van der Waals surface area contributed by atoms with Crippen LogP contribution in [0.5, 0.6) is 0 Å². The molecule has 1 amide bonds. The van der Waals surface area contributed by atoms with Crippen molar-refractivity contribution in [2.45, 2.75) is 26.1 Å². The molecular weight excluding hydrogens is 305 g/mol. The Labute approximate surface area is 124 Å². The summed E-state index contributed by atoms with van der Waals surface area (Å²) in [6.45, 7) is 3.29. The summed E-state index contributed by atoms with van der Waals surface area (Å²) in [7, 11) is 0. The molecule has 1 atom stereocenters. The van der Waals surface area contributed by atoms with Crippen molar-refractivity contribution in [3.05, 3.63) is 40.5 Å². The zero-order valence-electron chi connectivity index (χ0n) is 11.3. The van der Waals surface area contributed by atoms with Crippen molar-refractivity contribution < 1.29 is 18.0 Å². The Morgan fingerprint density at radius 2 is 2.05 bits per heavy atom. The normalized spacial score (nSPS) is 13.2. The fourth-order valence-corrected chi connectivity index (χ4v) is 2.30. The summed E-state index contributed by atoms with van der Waals surface area (Å²) in [5.74, 6) is -2.00. The van der Waals surface area contributed by atoms with E-state index in [4.69, 9.17) is 11.6 Å². The molecule has 0 unspecified atom stereocenters. The number of rotatable bonds is 2. The van der Waals surface area contributed by atoms with Crippen LogP contribution in [0.4, 0.5) is 13.2 Å². The van der Waals surface area contributed by atoms with Gasteiger partial charge in [-0.3, -0.25) is 4.79 Å². The quantitative estimate of drug-likeness (QED) is 0.853. The number of halogens is 4. The van der Waals surface area contributed by atoms with Crippen LogP contribution < -0.4 is 5.32 Å². The van der Waals surface area contributed by atoms with Crippen molar-refractivity contribution in [1.82, 2.24) is 10.3 Å². The zero-order chi connectivity index (χ0) is 15.8. The summed E-state index contributed by atoms with van der Waals surface area (Å²) < 4.78 is 36.8. The third-order valence-electron chi connectivity index (χ3n) is 3.10. The molecule has 0 radical (unpaired) electrons. The molecule has 0 saturated heterocycles. The Morgan fingerprint density at radius 1 is 1.38 bits per heavy atom. The number of carbonyl (C=O) groups is 1.